The number of ketones is 1. The molecule has 5 heteroatoms. The summed E-state index contributed by atoms with van der Waals surface area (Å²) in [6.07, 6.45) is 3.91. The highest BCUT2D eigenvalue weighted by atomic mass is 32.2. The molecule has 1 heterocycles. The zero-order valence-electron chi connectivity index (χ0n) is 16.5. The van der Waals surface area contributed by atoms with E-state index < -0.39 is 11.0 Å². The monoisotopic (exact) mass is 394 g/mol. The maximum Gasteiger partial charge on any atom is 0.146 e. The first-order valence-electron chi connectivity index (χ1n) is 9.40. The zero-order valence-corrected chi connectivity index (χ0v) is 17.3. The SMILES string of the molecule is CC(C)(C)[S@](=O)NC[C@@H](C(=O)Cc1ccc2cnccc2c1)c1ccccc1. The third kappa shape index (κ3) is 5.12. The van der Waals surface area contributed by atoms with Gasteiger partial charge in [0, 0.05) is 30.7 Å². The van der Waals surface area contributed by atoms with Crippen molar-refractivity contribution in [3.05, 3.63) is 78.1 Å². The van der Waals surface area contributed by atoms with Gasteiger partial charge in [0.2, 0.25) is 0 Å². The van der Waals surface area contributed by atoms with Gasteiger partial charge in [-0.2, -0.15) is 0 Å². The second-order valence-electron chi connectivity index (χ2n) is 7.89. The van der Waals surface area contributed by atoms with E-state index in [2.05, 4.69) is 9.71 Å². The Kier molecular flexibility index (Phi) is 6.37. The fourth-order valence-corrected chi connectivity index (χ4v) is 3.80. The van der Waals surface area contributed by atoms with Gasteiger partial charge in [-0.1, -0.05) is 48.5 Å². The minimum Gasteiger partial charge on any atom is -0.299 e. The quantitative estimate of drug-likeness (QED) is 0.654. The first-order chi connectivity index (χ1) is 13.3. The van der Waals surface area contributed by atoms with Crippen molar-refractivity contribution < 1.29 is 9.00 Å². The van der Waals surface area contributed by atoms with Crippen LogP contribution in [0.1, 0.15) is 37.8 Å². The van der Waals surface area contributed by atoms with Crippen molar-refractivity contribution in [3.8, 4) is 0 Å². The van der Waals surface area contributed by atoms with E-state index >= 15 is 0 Å². The lowest BCUT2D eigenvalue weighted by Crippen LogP contribution is -2.37. The van der Waals surface area contributed by atoms with E-state index in [0.29, 0.717) is 13.0 Å². The van der Waals surface area contributed by atoms with E-state index in [1.165, 1.54) is 0 Å². The van der Waals surface area contributed by atoms with Gasteiger partial charge in [0.15, 0.2) is 0 Å². The molecule has 0 saturated heterocycles. The molecule has 0 saturated carbocycles. The molecular weight excluding hydrogens is 368 g/mol. The molecule has 0 aliphatic rings. The number of carbonyl (C=O) groups is 1. The molecule has 0 aliphatic carbocycles. The summed E-state index contributed by atoms with van der Waals surface area (Å²) in [4.78, 5) is 17.3. The fraction of sp³-hybridized carbons (Fsp3) is 0.304. The molecule has 0 aliphatic heterocycles. The number of carbonyl (C=O) groups excluding carboxylic acids is 1. The van der Waals surface area contributed by atoms with Crippen LogP contribution in [0.3, 0.4) is 0 Å². The Hall–Kier alpha value is -2.37. The fourth-order valence-electron chi connectivity index (χ4n) is 3.05. The summed E-state index contributed by atoms with van der Waals surface area (Å²) in [7, 11) is -1.22. The van der Waals surface area contributed by atoms with Gasteiger partial charge in [-0.25, -0.2) is 8.93 Å². The van der Waals surface area contributed by atoms with E-state index in [4.69, 9.17) is 0 Å². The van der Waals surface area contributed by atoms with Crippen molar-refractivity contribution in [2.45, 2.75) is 37.9 Å². The van der Waals surface area contributed by atoms with Crippen LogP contribution in [0.15, 0.2) is 67.0 Å². The topological polar surface area (TPSA) is 59.1 Å². The van der Waals surface area contributed by atoms with Crippen LogP contribution in [0, 0.1) is 0 Å². The third-order valence-corrected chi connectivity index (χ3v) is 6.19. The number of Topliss-reactive ketones (excluding diaryl/α,β-unsaturated/α-hetero) is 1. The molecule has 2 atom stereocenters. The highest BCUT2D eigenvalue weighted by Gasteiger charge is 2.25. The lowest BCUT2D eigenvalue weighted by molar-refractivity contribution is -0.119. The van der Waals surface area contributed by atoms with E-state index in [0.717, 1.165) is 21.9 Å². The molecule has 1 N–H and O–H groups in total. The Morgan fingerprint density at radius 1 is 1.07 bits per heavy atom. The molecule has 0 fully saturated rings. The molecule has 4 nitrogen and oxygen atoms in total. The predicted molar refractivity (Wildman–Crippen MR) is 116 cm³/mol. The van der Waals surface area contributed by atoms with Crippen molar-refractivity contribution >= 4 is 27.5 Å². The average Bonchev–Trinajstić information content (AvgIpc) is 2.68. The molecular formula is C23H26N2O2S. The van der Waals surface area contributed by atoms with Crippen molar-refractivity contribution in [2.24, 2.45) is 0 Å². The van der Waals surface area contributed by atoms with Gasteiger partial charge in [-0.3, -0.25) is 9.78 Å². The maximum absolute atomic E-state index is 13.2. The van der Waals surface area contributed by atoms with Crippen molar-refractivity contribution in [3.63, 3.8) is 0 Å². The highest BCUT2D eigenvalue weighted by Crippen LogP contribution is 2.21. The van der Waals surface area contributed by atoms with Gasteiger partial charge in [0.25, 0.3) is 0 Å². The summed E-state index contributed by atoms with van der Waals surface area (Å²) in [5.74, 6) is -0.237. The molecule has 3 aromatic rings. The van der Waals surface area contributed by atoms with Crippen molar-refractivity contribution in [1.82, 2.24) is 9.71 Å². The van der Waals surface area contributed by atoms with Gasteiger partial charge < -0.3 is 0 Å². The lowest BCUT2D eigenvalue weighted by Gasteiger charge is -2.22. The van der Waals surface area contributed by atoms with Crippen LogP contribution in [-0.2, 0) is 22.2 Å². The Morgan fingerprint density at radius 3 is 2.54 bits per heavy atom. The molecule has 2 aromatic carbocycles. The van der Waals surface area contributed by atoms with Gasteiger partial charge in [0.05, 0.1) is 21.7 Å². The van der Waals surface area contributed by atoms with Crippen LogP contribution in [0.2, 0.25) is 0 Å². The summed E-state index contributed by atoms with van der Waals surface area (Å²) in [6.45, 7) is 6.10. The van der Waals surface area contributed by atoms with E-state index in [9.17, 15) is 9.00 Å². The predicted octanol–water partition coefficient (Wildman–Crippen LogP) is 4.18. The first-order valence-corrected chi connectivity index (χ1v) is 10.6. The molecule has 0 bridgehead atoms. The molecule has 0 amide bonds. The summed E-state index contributed by atoms with van der Waals surface area (Å²) >= 11 is 0. The van der Waals surface area contributed by atoms with E-state index in [1.54, 1.807) is 6.20 Å². The number of benzene rings is 2. The maximum atomic E-state index is 13.2. The molecule has 0 radical (unpaired) electrons. The van der Waals surface area contributed by atoms with Crippen LogP contribution in [0.4, 0.5) is 0 Å². The molecule has 28 heavy (non-hydrogen) atoms. The number of aromatic nitrogens is 1. The third-order valence-electron chi connectivity index (χ3n) is 4.65. The molecule has 0 spiro atoms. The lowest BCUT2D eigenvalue weighted by atomic mass is 9.91. The standard InChI is InChI=1S/C23H26N2O2S/c1-23(2,3)28(27)25-16-21(18-7-5-4-6-8-18)22(26)14-17-9-10-20-15-24-12-11-19(20)13-17/h4-13,15,21,25H,14,16H2,1-3H3/t21-,28+/m1/s1. The van der Waals surface area contributed by atoms with Crippen LogP contribution in [0.5, 0.6) is 0 Å². The zero-order chi connectivity index (χ0) is 20.1. The minimum absolute atomic E-state index is 0.109. The first kappa shape index (κ1) is 20.4. The van der Waals surface area contributed by atoms with Crippen LogP contribution >= 0.6 is 0 Å². The number of nitrogens with one attached hydrogen (secondary N) is 1. The van der Waals surface area contributed by atoms with Crippen molar-refractivity contribution in [1.29, 1.82) is 0 Å². The Labute approximate surface area is 169 Å². The highest BCUT2D eigenvalue weighted by molar-refractivity contribution is 7.84. The van der Waals surface area contributed by atoms with E-state index in [1.807, 2.05) is 81.6 Å². The second-order valence-corrected chi connectivity index (χ2v) is 9.94. The minimum atomic E-state index is -1.22. The second kappa shape index (κ2) is 8.76. The summed E-state index contributed by atoms with van der Waals surface area (Å²) in [6, 6.07) is 17.7. The molecule has 3 rings (SSSR count). The normalized spacial score (nSPS) is 14.0. The van der Waals surface area contributed by atoms with E-state index in [-0.39, 0.29) is 16.4 Å². The van der Waals surface area contributed by atoms with Gasteiger partial charge >= 0.3 is 0 Å². The summed E-state index contributed by atoms with van der Waals surface area (Å²) in [5.41, 5.74) is 1.91. The number of hydrogen-bond donors (Lipinski definition) is 1. The largest absolute Gasteiger partial charge is 0.299 e. The number of pyridine rings is 1. The number of rotatable bonds is 7. The van der Waals surface area contributed by atoms with Gasteiger partial charge in [0.1, 0.15) is 5.78 Å². The van der Waals surface area contributed by atoms with Gasteiger partial charge in [-0.05, 0) is 43.4 Å². The van der Waals surface area contributed by atoms with Crippen LogP contribution in [-0.4, -0.2) is 26.3 Å². The summed E-state index contributed by atoms with van der Waals surface area (Å²) < 4.78 is 15.1. The Bertz CT molecular complexity index is 981. The molecule has 0 unspecified atom stereocenters. The van der Waals surface area contributed by atoms with Crippen LogP contribution < -0.4 is 4.72 Å². The Morgan fingerprint density at radius 2 is 1.82 bits per heavy atom. The smallest absolute Gasteiger partial charge is 0.146 e. The van der Waals surface area contributed by atoms with Crippen LogP contribution in [0.25, 0.3) is 10.8 Å². The van der Waals surface area contributed by atoms with Crippen molar-refractivity contribution in [2.75, 3.05) is 6.54 Å². The average molecular weight is 395 g/mol. The summed E-state index contributed by atoms with van der Waals surface area (Å²) in [5, 5.41) is 2.13. The molecule has 146 valence electrons. The number of hydrogen-bond acceptors (Lipinski definition) is 3. The Balaban J connectivity index is 1.80. The number of fused-ring (bicyclic) bond motifs is 1. The number of nitrogens with zero attached hydrogens (tertiary/aromatic N) is 1. The molecule has 1 aromatic heterocycles. The van der Waals surface area contributed by atoms with Gasteiger partial charge in [-0.15, -0.1) is 0 Å².